The van der Waals surface area contributed by atoms with Gasteiger partial charge in [-0.25, -0.2) is 4.79 Å². The van der Waals surface area contributed by atoms with Gasteiger partial charge in [-0.15, -0.1) is 0 Å². The first-order chi connectivity index (χ1) is 15.1. The molecule has 13 heteroatoms. The van der Waals surface area contributed by atoms with Crippen molar-refractivity contribution in [2.45, 2.75) is 77.5 Å². The first-order valence-corrected chi connectivity index (χ1v) is 10.5. The lowest BCUT2D eigenvalue weighted by molar-refractivity contribution is -0.144. The Morgan fingerprint density at radius 1 is 0.697 bits per heavy atom. The fourth-order valence-electron chi connectivity index (χ4n) is 2.91. The number of carbonyl (C=O) groups is 6. The van der Waals surface area contributed by atoms with Crippen LogP contribution in [-0.4, -0.2) is 69.9 Å². The van der Waals surface area contributed by atoms with E-state index in [0.29, 0.717) is 0 Å². The monoisotopic (exact) mass is 473 g/mol. The normalized spacial score (nSPS) is 14.6. The Kier molecular flexibility index (Phi) is 12.7. The summed E-state index contributed by atoms with van der Waals surface area (Å²) in [7, 11) is 0. The maximum absolute atomic E-state index is 12.9. The fourth-order valence-corrected chi connectivity index (χ4v) is 2.91. The zero-order chi connectivity index (χ0) is 25.9. The van der Waals surface area contributed by atoms with Crippen molar-refractivity contribution in [2.24, 2.45) is 23.3 Å². The van der Waals surface area contributed by atoms with Crippen LogP contribution in [0.1, 0.15) is 53.4 Å². The topological polar surface area (TPSA) is 231 Å². The number of hydrogen-bond acceptors (Lipinski definition) is 7. The molecule has 0 fully saturated rings. The molecular formula is C20H35N5O8. The lowest BCUT2D eigenvalue weighted by atomic mass is 9.99. The third-order valence-electron chi connectivity index (χ3n) is 4.43. The molecule has 0 spiro atoms. The predicted octanol–water partition coefficient (Wildman–Crippen LogP) is -1.70. The standard InChI is InChI=1S/C20H35N5O8/c1-9(2)5-12(23-17(29)11(21)7-16(27)28)18(30)24-13(6-10(3)4)19(31)25-14(20(32)33)8-15(22)26/h9-14H,5-8,21H2,1-4H3,(H2,22,26)(H,23,29)(H,24,30)(H,25,31)(H,27,28)(H,32,33). The lowest BCUT2D eigenvalue weighted by Crippen LogP contribution is -2.57. The summed E-state index contributed by atoms with van der Waals surface area (Å²) in [6.45, 7) is 7.15. The van der Waals surface area contributed by atoms with Crippen molar-refractivity contribution in [3.8, 4) is 0 Å². The molecule has 13 nitrogen and oxygen atoms in total. The molecule has 4 unspecified atom stereocenters. The van der Waals surface area contributed by atoms with E-state index in [1.165, 1.54) is 0 Å². The maximum atomic E-state index is 12.9. The summed E-state index contributed by atoms with van der Waals surface area (Å²) in [5.41, 5.74) is 10.6. The quantitative estimate of drug-likeness (QED) is 0.143. The summed E-state index contributed by atoms with van der Waals surface area (Å²) in [5, 5.41) is 25.1. The van der Waals surface area contributed by atoms with E-state index in [0.717, 1.165) is 0 Å². The first-order valence-electron chi connectivity index (χ1n) is 10.5. The number of hydrogen-bond donors (Lipinski definition) is 7. The molecule has 0 radical (unpaired) electrons. The number of aliphatic carboxylic acids is 2. The summed E-state index contributed by atoms with van der Waals surface area (Å²) in [4.78, 5) is 71.0. The van der Waals surface area contributed by atoms with E-state index in [1.54, 1.807) is 27.7 Å². The predicted molar refractivity (Wildman–Crippen MR) is 116 cm³/mol. The number of carboxylic acids is 2. The van der Waals surface area contributed by atoms with Gasteiger partial charge in [0.25, 0.3) is 0 Å². The van der Waals surface area contributed by atoms with Crippen LogP contribution in [-0.2, 0) is 28.8 Å². The smallest absolute Gasteiger partial charge is 0.326 e. The lowest BCUT2D eigenvalue weighted by Gasteiger charge is -2.26. The van der Waals surface area contributed by atoms with Gasteiger partial charge in [0.1, 0.15) is 18.1 Å². The van der Waals surface area contributed by atoms with Crippen molar-refractivity contribution in [3.05, 3.63) is 0 Å². The van der Waals surface area contributed by atoms with E-state index < -0.39 is 72.6 Å². The van der Waals surface area contributed by atoms with Crippen molar-refractivity contribution in [2.75, 3.05) is 0 Å². The molecular weight excluding hydrogens is 438 g/mol. The van der Waals surface area contributed by atoms with Gasteiger partial charge in [0.15, 0.2) is 0 Å². The highest BCUT2D eigenvalue weighted by Gasteiger charge is 2.31. The molecule has 0 saturated heterocycles. The second-order valence-corrected chi connectivity index (χ2v) is 8.66. The van der Waals surface area contributed by atoms with Crippen LogP contribution in [0, 0.1) is 11.8 Å². The number of carbonyl (C=O) groups excluding carboxylic acids is 4. The van der Waals surface area contributed by atoms with Crippen molar-refractivity contribution < 1.29 is 39.0 Å². The number of primary amides is 1. The van der Waals surface area contributed by atoms with E-state index in [-0.39, 0.29) is 24.7 Å². The van der Waals surface area contributed by atoms with Crippen LogP contribution in [0.25, 0.3) is 0 Å². The van der Waals surface area contributed by atoms with E-state index in [4.69, 9.17) is 16.6 Å². The molecule has 4 atom stereocenters. The maximum Gasteiger partial charge on any atom is 0.326 e. The van der Waals surface area contributed by atoms with Gasteiger partial charge in [-0.1, -0.05) is 27.7 Å². The number of carboxylic acid groups (broad SMARTS) is 2. The summed E-state index contributed by atoms with van der Waals surface area (Å²) >= 11 is 0. The molecule has 0 bridgehead atoms. The van der Waals surface area contributed by atoms with Gasteiger partial charge >= 0.3 is 11.9 Å². The SMILES string of the molecule is CC(C)CC(NC(=O)C(N)CC(=O)O)C(=O)NC(CC(C)C)C(=O)NC(CC(N)=O)C(=O)O. The second kappa shape index (κ2) is 14.0. The minimum absolute atomic E-state index is 0.0546. The highest BCUT2D eigenvalue weighted by molar-refractivity contribution is 5.95. The van der Waals surface area contributed by atoms with Gasteiger partial charge in [-0.3, -0.25) is 24.0 Å². The Morgan fingerprint density at radius 3 is 1.42 bits per heavy atom. The molecule has 0 aromatic carbocycles. The molecule has 4 amide bonds. The van der Waals surface area contributed by atoms with Gasteiger partial charge in [0, 0.05) is 0 Å². The van der Waals surface area contributed by atoms with E-state index in [9.17, 15) is 33.9 Å². The van der Waals surface area contributed by atoms with E-state index in [2.05, 4.69) is 16.0 Å². The van der Waals surface area contributed by atoms with Crippen molar-refractivity contribution in [1.82, 2.24) is 16.0 Å². The van der Waals surface area contributed by atoms with Crippen LogP contribution < -0.4 is 27.4 Å². The fraction of sp³-hybridized carbons (Fsp3) is 0.700. The van der Waals surface area contributed by atoms with Gasteiger partial charge in [-0.05, 0) is 24.7 Å². The number of nitrogens with one attached hydrogen (secondary N) is 3. The van der Waals surface area contributed by atoms with Crippen LogP contribution >= 0.6 is 0 Å². The first kappa shape index (κ1) is 29.8. The highest BCUT2D eigenvalue weighted by Crippen LogP contribution is 2.10. The van der Waals surface area contributed by atoms with Crippen LogP contribution in [0.5, 0.6) is 0 Å². The minimum atomic E-state index is -1.57. The van der Waals surface area contributed by atoms with E-state index >= 15 is 0 Å². The minimum Gasteiger partial charge on any atom is -0.481 e. The largest absolute Gasteiger partial charge is 0.481 e. The van der Waals surface area contributed by atoms with Gasteiger partial charge in [0.05, 0.1) is 18.9 Å². The van der Waals surface area contributed by atoms with Crippen LogP contribution in [0.15, 0.2) is 0 Å². The van der Waals surface area contributed by atoms with E-state index in [1.807, 2.05) is 0 Å². The summed E-state index contributed by atoms with van der Waals surface area (Å²) in [5.74, 6) is -6.19. The average Bonchev–Trinajstić information content (AvgIpc) is 2.64. The van der Waals surface area contributed by atoms with Crippen LogP contribution in [0.4, 0.5) is 0 Å². The Balaban J connectivity index is 5.54. The number of rotatable bonds is 15. The summed E-state index contributed by atoms with van der Waals surface area (Å²) < 4.78 is 0. The second-order valence-electron chi connectivity index (χ2n) is 8.66. The molecule has 0 aliphatic heterocycles. The summed E-state index contributed by atoms with van der Waals surface area (Å²) in [6.07, 6.45) is -0.943. The van der Waals surface area contributed by atoms with Crippen molar-refractivity contribution in [3.63, 3.8) is 0 Å². The highest BCUT2D eigenvalue weighted by atomic mass is 16.4. The average molecular weight is 474 g/mol. The van der Waals surface area contributed by atoms with Gasteiger partial charge in [-0.2, -0.15) is 0 Å². The molecule has 0 aromatic rings. The molecule has 9 N–H and O–H groups in total. The van der Waals surface area contributed by atoms with Crippen molar-refractivity contribution in [1.29, 1.82) is 0 Å². The zero-order valence-electron chi connectivity index (χ0n) is 19.3. The summed E-state index contributed by atoms with van der Waals surface area (Å²) in [6, 6.07) is -5.21. The third kappa shape index (κ3) is 12.4. The van der Waals surface area contributed by atoms with Crippen molar-refractivity contribution >= 4 is 35.6 Å². The molecule has 0 rings (SSSR count). The van der Waals surface area contributed by atoms with Crippen LogP contribution in [0.3, 0.4) is 0 Å². The molecule has 33 heavy (non-hydrogen) atoms. The number of nitrogens with two attached hydrogens (primary N) is 2. The van der Waals surface area contributed by atoms with Gasteiger partial charge < -0.3 is 37.6 Å². The van der Waals surface area contributed by atoms with Crippen LogP contribution in [0.2, 0.25) is 0 Å². The Hall–Kier alpha value is -3.22. The Labute approximate surface area is 192 Å². The Morgan fingerprint density at radius 2 is 1.09 bits per heavy atom. The molecule has 0 aliphatic rings. The molecule has 188 valence electrons. The molecule has 0 heterocycles. The number of amides is 4. The molecule has 0 saturated carbocycles. The Bertz CT molecular complexity index is 740. The third-order valence-corrected chi connectivity index (χ3v) is 4.43. The molecule has 0 aromatic heterocycles. The zero-order valence-corrected chi connectivity index (χ0v) is 19.3. The van der Waals surface area contributed by atoms with Gasteiger partial charge in [0.2, 0.25) is 23.6 Å². The molecule has 0 aliphatic carbocycles.